The summed E-state index contributed by atoms with van der Waals surface area (Å²) in [5, 5.41) is 12.6. The molecule has 0 radical (unpaired) electrons. The van der Waals surface area contributed by atoms with Crippen LogP contribution in [0, 0.1) is 11.7 Å². The van der Waals surface area contributed by atoms with Gasteiger partial charge in [-0.15, -0.1) is 0 Å². The minimum atomic E-state index is 0.365. The van der Waals surface area contributed by atoms with Crippen molar-refractivity contribution >= 4 is 23.8 Å². The predicted octanol–water partition coefficient (Wildman–Crippen LogP) is 3.90. The molecule has 0 bridgehead atoms. The van der Waals surface area contributed by atoms with E-state index in [-0.39, 0.29) is 0 Å². The van der Waals surface area contributed by atoms with Crippen LogP contribution < -0.4 is 0 Å². The molecular weight excluding hydrogens is 330 g/mol. The van der Waals surface area contributed by atoms with Gasteiger partial charge in [-0.1, -0.05) is 23.7 Å². The minimum Gasteiger partial charge on any atom is -0.273 e. The lowest BCUT2D eigenvalue weighted by Gasteiger charge is -2.05. The van der Waals surface area contributed by atoms with Gasteiger partial charge in [-0.2, -0.15) is 10.2 Å². The summed E-state index contributed by atoms with van der Waals surface area (Å²) in [7, 11) is 1.91. The summed E-state index contributed by atoms with van der Waals surface area (Å²) in [5.41, 5.74) is 3.22. The highest BCUT2D eigenvalue weighted by atomic mass is 35.5. The maximum atomic E-state index is 5.97. The lowest BCUT2D eigenvalue weighted by molar-refractivity contribution is 0.756. The van der Waals surface area contributed by atoms with Crippen LogP contribution in [0.2, 0.25) is 5.02 Å². The molecule has 23 heavy (non-hydrogen) atoms. The van der Waals surface area contributed by atoms with Crippen molar-refractivity contribution in [1.29, 1.82) is 0 Å². The Morgan fingerprint density at radius 1 is 1.26 bits per heavy atom. The minimum absolute atomic E-state index is 0.365. The fourth-order valence-electron chi connectivity index (χ4n) is 3.16. The number of aromatic nitrogens is 5. The van der Waals surface area contributed by atoms with E-state index >= 15 is 0 Å². The van der Waals surface area contributed by atoms with Gasteiger partial charge in [0.2, 0.25) is 0 Å². The molecule has 2 atom stereocenters. The number of nitrogens with zero attached hydrogens (tertiary/aromatic N) is 4. The van der Waals surface area contributed by atoms with Crippen molar-refractivity contribution in [1.82, 2.24) is 24.5 Å². The number of aryl methyl sites for hydroxylation is 2. The zero-order valence-electron chi connectivity index (χ0n) is 12.8. The Kier molecular flexibility index (Phi) is 3.39. The molecule has 1 aliphatic rings. The van der Waals surface area contributed by atoms with Crippen molar-refractivity contribution in [2.45, 2.75) is 25.2 Å². The number of benzene rings is 1. The quantitative estimate of drug-likeness (QED) is 0.732. The second kappa shape index (κ2) is 5.32. The lowest BCUT2D eigenvalue weighted by atomic mass is 10.1. The summed E-state index contributed by atoms with van der Waals surface area (Å²) in [6.45, 7) is 1.98. The van der Waals surface area contributed by atoms with Crippen LogP contribution in [-0.2, 0) is 7.05 Å². The number of hydrogen-bond donors (Lipinski definition) is 1. The fourth-order valence-corrected chi connectivity index (χ4v) is 3.52. The molecule has 0 unspecified atom stereocenters. The first-order valence-corrected chi connectivity index (χ1v) is 8.26. The Balaban J connectivity index is 1.71. The van der Waals surface area contributed by atoms with E-state index in [0.29, 0.717) is 16.6 Å². The summed E-state index contributed by atoms with van der Waals surface area (Å²) in [6.07, 6.45) is 3.05. The van der Waals surface area contributed by atoms with E-state index in [1.54, 1.807) is 4.68 Å². The maximum absolute atomic E-state index is 5.97. The van der Waals surface area contributed by atoms with E-state index in [4.69, 9.17) is 23.8 Å². The van der Waals surface area contributed by atoms with Crippen LogP contribution >= 0.6 is 23.8 Å². The van der Waals surface area contributed by atoms with Gasteiger partial charge in [0.05, 0.1) is 11.4 Å². The molecule has 118 valence electrons. The van der Waals surface area contributed by atoms with E-state index < -0.39 is 0 Å². The van der Waals surface area contributed by atoms with Crippen molar-refractivity contribution in [3.63, 3.8) is 0 Å². The molecule has 0 aliphatic heterocycles. The van der Waals surface area contributed by atoms with Gasteiger partial charge in [0.25, 0.3) is 0 Å². The first-order valence-electron chi connectivity index (χ1n) is 7.48. The van der Waals surface area contributed by atoms with Gasteiger partial charge >= 0.3 is 0 Å². The Hall–Kier alpha value is -1.92. The molecule has 1 fully saturated rings. The van der Waals surface area contributed by atoms with Crippen molar-refractivity contribution in [3.8, 4) is 5.69 Å². The molecule has 2 aromatic heterocycles. The third-order valence-corrected chi connectivity index (χ3v) is 4.87. The molecule has 2 heterocycles. The Morgan fingerprint density at radius 3 is 2.65 bits per heavy atom. The Morgan fingerprint density at radius 2 is 2.00 bits per heavy atom. The van der Waals surface area contributed by atoms with Gasteiger partial charge in [-0.05, 0) is 49.2 Å². The summed E-state index contributed by atoms with van der Waals surface area (Å²) < 4.78 is 4.42. The lowest BCUT2D eigenvalue weighted by Crippen LogP contribution is -2.01. The molecule has 0 spiro atoms. The van der Waals surface area contributed by atoms with Crippen molar-refractivity contribution in [2.24, 2.45) is 7.05 Å². The van der Waals surface area contributed by atoms with Gasteiger partial charge in [-0.25, -0.2) is 0 Å². The van der Waals surface area contributed by atoms with Crippen LogP contribution in [0.1, 0.15) is 35.3 Å². The summed E-state index contributed by atoms with van der Waals surface area (Å²) in [6, 6.07) is 8.06. The monoisotopic (exact) mass is 345 g/mol. The zero-order chi connectivity index (χ0) is 16.1. The zero-order valence-corrected chi connectivity index (χ0v) is 14.4. The number of hydrogen-bond acceptors (Lipinski definition) is 3. The largest absolute Gasteiger partial charge is 0.273 e. The molecule has 7 heteroatoms. The first-order chi connectivity index (χ1) is 11.0. The van der Waals surface area contributed by atoms with Gasteiger partial charge in [0.1, 0.15) is 5.82 Å². The van der Waals surface area contributed by atoms with E-state index in [9.17, 15) is 0 Å². The summed E-state index contributed by atoms with van der Waals surface area (Å²) in [5.74, 6) is 1.81. The standard InChI is InChI=1S/C16H16ClN5S/c1-9-14(8-21(2)20-9)22-15(18-19-16(22)23)13-7-12(13)10-3-5-11(17)6-4-10/h3-6,8,12-13H,7H2,1-2H3,(H,19,23)/t12-,13+/m1/s1. The topological polar surface area (TPSA) is 51.4 Å². The molecule has 1 aliphatic carbocycles. The second-order valence-electron chi connectivity index (χ2n) is 6.00. The van der Waals surface area contributed by atoms with Gasteiger partial charge in [-0.3, -0.25) is 14.3 Å². The molecule has 0 saturated heterocycles. The number of H-pyrrole nitrogens is 1. The smallest absolute Gasteiger partial charge is 0.199 e. The third-order valence-electron chi connectivity index (χ3n) is 4.35. The van der Waals surface area contributed by atoms with Crippen LogP contribution in [0.15, 0.2) is 30.5 Å². The first kappa shape index (κ1) is 14.7. The number of halogens is 1. The molecule has 3 aromatic rings. The third kappa shape index (κ3) is 2.52. The number of rotatable bonds is 3. The Bertz CT molecular complexity index is 921. The van der Waals surface area contributed by atoms with E-state index in [1.807, 2.05) is 36.9 Å². The highest BCUT2D eigenvalue weighted by Crippen LogP contribution is 2.54. The molecule has 4 rings (SSSR count). The van der Waals surface area contributed by atoms with E-state index in [1.165, 1.54) is 5.56 Å². The van der Waals surface area contributed by atoms with E-state index in [2.05, 4.69) is 27.4 Å². The highest BCUT2D eigenvalue weighted by Gasteiger charge is 2.43. The normalized spacial score (nSPS) is 20.0. The second-order valence-corrected chi connectivity index (χ2v) is 6.82. The van der Waals surface area contributed by atoms with Gasteiger partial charge in [0.15, 0.2) is 4.77 Å². The van der Waals surface area contributed by atoms with Crippen LogP contribution in [0.25, 0.3) is 5.69 Å². The fraction of sp³-hybridized carbons (Fsp3) is 0.312. The molecule has 0 amide bonds. The highest BCUT2D eigenvalue weighted by molar-refractivity contribution is 7.71. The summed E-state index contributed by atoms with van der Waals surface area (Å²) >= 11 is 11.4. The molecule has 1 N–H and O–H groups in total. The predicted molar refractivity (Wildman–Crippen MR) is 91.8 cm³/mol. The van der Waals surface area contributed by atoms with Crippen molar-refractivity contribution < 1.29 is 0 Å². The molecular formula is C16H16ClN5S. The molecule has 1 saturated carbocycles. The maximum Gasteiger partial charge on any atom is 0.199 e. The summed E-state index contributed by atoms with van der Waals surface area (Å²) in [4.78, 5) is 0. The van der Waals surface area contributed by atoms with Gasteiger partial charge in [0, 0.05) is 24.2 Å². The molecule has 5 nitrogen and oxygen atoms in total. The van der Waals surface area contributed by atoms with Crippen LogP contribution in [0.3, 0.4) is 0 Å². The Labute approximate surface area is 143 Å². The molecule has 1 aromatic carbocycles. The van der Waals surface area contributed by atoms with Crippen molar-refractivity contribution in [2.75, 3.05) is 0 Å². The van der Waals surface area contributed by atoms with Crippen LogP contribution in [-0.4, -0.2) is 24.5 Å². The van der Waals surface area contributed by atoms with Crippen molar-refractivity contribution in [3.05, 3.63) is 57.3 Å². The van der Waals surface area contributed by atoms with Crippen LogP contribution in [0.4, 0.5) is 0 Å². The van der Waals surface area contributed by atoms with Crippen LogP contribution in [0.5, 0.6) is 0 Å². The van der Waals surface area contributed by atoms with E-state index in [0.717, 1.165) is 28.6 Å². The number of nitrogens with one attached hydrogen (secondary N) is 1. The number of aromatic amines is 1. The SMILES string of the molecule is Cc1nn(C)cc1-n1c([C@H]2C[C@@H]2c2ccc(Cl)cc2)n[nH]c1=S. The average molecular weight is 346 g/mol. The van der Waals surface area contributed by atoms with Gasteiger partial charge < -0.3 is 0 Å². The average Bonchev–Trinajstić information content (AvgIpc) is 3.11.